The lowest BCUT2D eigenvalue weighted by molar-refractivity contribution is -0.150. The molecule has 108 valence electrons. The van der Waals surface area contributed by atoms with Crippen LogP contribution in [0.25, 0.3) is 0 Å². The maximum absolute atomic E-state index is 12.5. The highest BCUT2D eigenvalue weighted by atomic mass is 16.2. The van der Waals surface area contributed by atoms with Crippen molar-refractivity contribution in [3.63, 3.8) is 0 Å². The third-order valence-corrected chi connectivity index (χ3v) is 4.53. The molecule has 2 fully saturated rings. The van der Waals surface area contributed by atoms with Gasteiger partial charge in [0.1, 0.15) is 5.54 Å². The molecule has 2 saturated heterocycles. The summed E-state index contributed by atoms with van der Waals surface area (Å²) in [6.07, 6.45) is 2.87. The third kappa shape index (κ3) is 3.08. The van der Waals surface area contributed by atoms with Crippen LogP contribution in [-0.2, 0) is 9.59 Å². The molecule has 2 aliphatic rings. The second-order valence-electron chi connectivity index (χ2n) is 6.17. The van der Waals surface area contributed by atoms with Crippen LogP contribution in [-0.4, -0.2) is 60.4 Å². The van der Waals surface area contributed by atoms with Gasteiger partial charge in [0.15, 0.2) is 0 Å². The molecule has 0 bridgehead atoms. The molecular weight excluding hydrogens is 242 g/mol. The Kier molecular flexibility index (Phi) is 4.13. The maximum Gasteiger partial charge on any atom is 0.248 e. The van der Waals surface area contributed by atoms with E-state index in [4.69, 9.17) is 0 Å². The zero-order valence-electron chi connectivity index (χ0n) is 12.2. The molecule has 0 aromatic heterocycles. The fourth-order valence-corrected chi connectivity index (χ4v) is 2.94. The molecule has 5 heteroatoms. The van der Waals surface area contributed by atoms with Crippen molar-refractivity contribution < 1.29 is 9.59 Å². The summed E-state index contributed by atoms with van der Waals surface area (Å²) in [6.45, 7) is 6.90. The molecule has 0 saturated carbocycles. The van der Waals surface area contributed by atoms with Crippen LogP contribution < -0.4 is 5.32 Å². The lowest BCUT2D eigenvalue weighted by Gasteiger charge is -2.41. The quantitative estimate of drug-likeness (QED) is 0.808. The van der Waals surface area contributed by atoms with Crippen molar-refractivity contribution >= 4 is 11.8 Å². The van der Waals surface area contributed by atoms with E-state index in [2.05, 4.69) is 17.3 Å². The summed E-state index contributed by atoms with van der Waals surface area (Å²) in [5.74, 6) is 0.581. The predicted molar refractivity (Wildman–Crippen MR) is 73.6 cm³/mol. The SMILES string of the molecule is CCC1(C)NC(=O)CN(CC2CCN(C)CC2)C1=O. The fraction of sp³-hybridized carbons (Fsp3) is 0.857. The molecule has 0 aromatic carbocycles. The topological polar surface area (TPSA) is 52.7 Å². The van der Waals surface area contributed by atoms with Crippen molar-refractivity contribution in [2.24, 2.45) is 5.92 Å². The summed E-state index contributed by atoms with van der Waals surface area (Å²) in [7, 11) is 2.13. The monoisotopic (exact) mass is 267 g/mol. The van der Waals surface area contributed by atoms with Gasteiger partial charge in [0, 0.05) is 6.54 Å². The maximum atomic E-state index is 12.5. The average Bonchev–Trinajstić information content (AvgIpc) is 2.38. The summed E-state index contributed by atoms with van der Waals surface area (Å²) in [5.41, 5.74) is -0.708. The highest BCUT2D eigenvalue weighted by Crippen LogP contribution is 2.22. The molecule has 0 spiro atoms. The number of piperazine rings is 1. The van der Waals surface area contributed by atoms with Gasteiger partial charge in [-0.2, -0.15) is 0 Å². The Bertz CT molecular complexity index is 364. The zero-order chi connectivity index (χ0) is 14.0. The van der Waals surface area contributed by atoms with Gasteiger partial charge in [0.05, 0.1) is 6.54 Å². The van der Waals surface area contributed by atoms with Crippen LogP contribution in [0.15, 0.2) is 0 Å². The highest BCUT2D eigenvalue weighted by Gasteiger charge is 2.42. The summed E-state index contributed by atoms with van der Waals surface area (Å²) in [6, 6.07) is 0. The summed E-state index contributed by atoms with van der Waals surface area (Å²) >= 11 is 0. The van der Waals surface area contributed by atoms with E-state index in [1.165, 1.54) is 0 Å². The van der Waals surface area contributed by atoms with Crippen LogP contribution in [0.1, 0.15) is 33.1 Å². The van der Waals surface area contributed by atoms with Crippen molar-refractivity contribution in [3.05, 3.63) is 0 Å². The van der Waals surface area contributed by atoms with Crippen molar-refractivity contribution in [3.8, 4) is 0 Å². The number of hydrogen-bond acceptors (Lipinski definition) is 3. The Morgan fingerprint density at radius 1 is 1.32 bits per heavy atom. The van der Waals surface area contributed by atoms with Crippen molar-refractivity contribution in [1.29, 1.82) is 0 Å². The fourth-order valence-electron chi connectivity index (χ4n) is 2.94. The third-order valence-electron chi connectivity index (χ3n) is 4.53. The Morgan fingerprint density at radius 3 is 2.53 bits per heavy atom. The van der Waals surface area contributed by atoms with E-state index in [0.717, 1.165) is 32.5 Å². The van der Waals surface area contributed by atoms with E-state index in [9.17, 15) is 9.59 Å². The highest BCUT2D eigenvalue weighted by molar-refractivity contribution is 5.97. The van der Waals surface area contributed by atoms with Gasteiger partial charge in [-0.15, -0.1) is 0 Å². The standard InChI is InChI=1S/C14H25N3O2/c1-4-14(2)13(19)17(10-12(18)15-14)9-11-5-7-16(3)8-6-11/h11H,4-10H2,1-3H3,(H,15,18). The largest absolute Gasteiger partial charge is 0.340 e. The van der Waals surface area contributed by atoms with E-state index < -0.39 is 5.54 Å². The number of nitrogens with zero attached hydrogens (tertiary/aromatic N) is 2. The minimum Gasteiger partial charge on any atom is -0.340 e. The number of carbonyl (C=O) groups excluding carboxylic acids is 2. The molecule has 1 N–H and O–H groups in total. The minimum atomic E-state index is -0.708. The number of carbonyl (C=O) groups is 2. The van der Waals surface area contributed by atoms with Gasteiger partial charge in [0.25, 0.3) is 0 Å². The van der Waals surface area contributed by atoms with Gasteiger partial charge in [-0.1, -0.05) is 6.92 Å². The van der Waals surface area contributed by atoms with Crippen LogP contribution in [0.2, 0.25) is 0 Å². The van der Waals surface area contributed by atoms with Crippen molar-refractivity contribution in [2.75, 3.05) is 33.2 Å². The van der Waals surface area contributed by atoms with E-state index in [1.807, 2.05) is 13.8 Å². The van der Waals surface area contributed by atoms with E-state index >= 15 is 0 Å². The smallest absolute Gasteiger partial charge is 0.248 e. The second-order valence-corrected chi connectivity index (χ2v) is 6.17. The molecule has 0 radical (unpaired) electrons. The molecule has 2 amide bonds. The molecule has 1 atom stereocenters. The normalized spacial score (nSPS) is 30.6. The number of rotatable bonds is 3. The van der Waals surface area contributed by atoms with Crippen molar-refractivity contribution in [2.45, 2.75) is 38.6 Å². The summed E-state index contributed by atoms with van der Waals surface area (Å²) in [5, 5.41) is 2.83. The van der Waals surface area contributed by atoms with Crippen LogP contribution in [0.3, 0.4) is 0 Å². The first-order valence-electron chi connectivity index (χ1n) is 7.23. The molecule has 1 unspecified atom stereocenters. The predicted octanol–water partition coefficient (Wildman–Crippen LogP) is 0.455. The molecular formula is C14H25N3O2. The second kappa shape index (κ2) is 5.49. The number of likely N-dealkylation sites (tertiary alicyclic amines) is 1. The Balaban J connectivity index is 1.99. The van der Waals surface area contributed by atoms with Gasteiger partial charge in [-0.05, 0) is 52.2 Å². The van der Waals surface area contributed by atoms with E-state index in [0.29, 0.717) is 12.3 Å². The van der Waals surface area contributed by atoms with Crippen LogP contribution in [0.4, 0.5) is 0 Å². The molecule has 5 nitrogen and oxygen atoms in total. The van der Waals surface area contributed by atoms with Crippen LogP contribution >= 0.6 is 0 Å². The number of amides is 2. The number of piperidine rings is 1. The first kappa shape index (κ1) is 14.3. The van der Waals surface area contributed by atoms with E-state index in [-0.39, 0.29) is 18.4 Å². The molecule has 0 aliphatic carbocycles. The lowest BCUT2D eigenvalue weighted by Crippen LogP contribution is -2.65. The minimum absolute atomic E-state index is 0.0307. The zero-order valence-corrected chi connectivity index (χ0v) is 12.2. The Labute approximate surface area is 115 Å². The van der Waals surface area contributed by atoms with Gasteiger partial charge in [-0.3, -0.25) is 9.59 Å². The van der Waals surface area contributed by atoms with Crippen molar-refractivity contribution in [1.82, 2.24) is 15.1 Å². The first-order chi connectivity index (χ1) is 8.94. The first-order valence-corrected chi connectivity index (χ1v) is 7.23. The molecule has 2 rings (SSSR count). The average molecular weight is 267 g/mol. The molecule has 0 aromatic rings. The van der Waals surface area contributed by atoms with Crippen LogP contribution in [0.5, 0.6) is 0 Å². The Hall–Kier alpha value is -1.10. The van der Waals surface area contributed by atoms with Gasteiger partial charge >= 0.3 is 0 Å². The van der Waals surface area contributed by atoms with Gasteiger partial charge in [0.2, 0.25) is 11.8 Å². The lowest BCUT2D eigenvalue weighted by atomic mass is 9.91. The number of hydrogen-bond donors (Lipinski definition) is 1. The molecule has 2 heterocycles. The summed E-state index contributed by atoms with van der Waals surface area (Å²) in [4.78, 5) is 28.3. The van der Waals surface area contributed by atoms with Gasteiger partial charge in [-0.25, -0.2) is 0 Å². The molecule has 19 heavy (non-hydrogen) atoms. The van der Waals surface area contributed by atoms with Crippen LogP contribution in [0, 0.1) is 5.92 Å². The number of nitrogens with one attached hydrogen (secondary N) is 1. The van der Waals surface area contributed by atoms with E-state index in [1.54, 1.807) is 4.90 Å². The van der Waals surface area contributed by atoms with Gasteiger partial charge < -0.3 is 15.1 Å². The molecule has 2 aliphatic heterocycles. The summed E-state index contributed by atoms with van der Waals surface area (Å²) < 4.78 is 0. The Morgan fingerprint density at radius 2 is 1.95 bits per heavy atom.